The first-order chi connectivity index (χ1) is 8.91. The van der Waals surface area contributed by atoms with Crippen molar-refractivity contribution in [1.29, 1.82) is 0 Å². The summed E-state index contributed by atoms with van der Waals surface area (Å²) in [7, 11) is 1.00. The van der Waals surface area contributed by atoms with Gasteiger partial charge in [0.15, 0.2) is 0 Å². The Balaban J connectivity index is 0. The fourth-order valence-corrected chi connectivity index (χ4v) is 2.83. The van der Waals surface area contributed by atoms with Gasteiger partial charge >= 0.3 is 0 Å². The number of aliphatic hydroxyl groups is 1. The summed E-state index contributed by atoms with van der Waals surface area (Å²) in [6.07, 6.45) is 1.15. The van der Waals surface area contributed by atoms with Gasteiger partial charge in [0.1, 0.15) is 0 Å². The van der Waals surface area contributed by atoms with Crippen LogP contribution < -0.4 is 0 Å². The van der Waals surface area contributed by atoms with Crippen molar-refractivity contribution < 1.29 is 5.11 Å². The predicted molar refractivity (Wildman–Crippen MR) is 88.3 cm³/mol. The van der Waals surface area contributed by atoms with Crippen LogP contribution in [0.4, 0.5) is 0 Å². The van der Waals surface area contributed by atoms with Crippen LogP contribution in [-0.4, -0.2) is 12.2 Å². The molecule has 1 nitrogen and oxygen atoms in total. The highest BCUT2D eigenvalue weighted by Crippen LogP contribution is 2.31. The monoisotopic (exact) mass is 266 g/mol. The zero-order valence-corrected chi connectivity index (χ0v) is 14.7. The van der Waals surface area contributed by atoms with Crippen LogP contribution in [0.15, 0.2) is 0 Å². The molecule has 0 atom stereocenters. The Kier molecular flexibility index (Phi) is 10.8. The zero-order chi connectivity index (χ0) is 15.7. The molecule has 0 aliphatic carbocycles. The number of benzene rings is 1. The summed E-state index contributed by atoms with van der Waals surface area (Å²) in [5.41, 5.74) is 9.13. The van der Waals surface area contributed by atoms with Gasteiger partial charge in [0.05, 0.1) is 0 Å². The Labute approximate surface area is 121 Å². The first kappa shape index (κ1) is 20.5. The second-order valence-electron chi connectivity index (χ2n) is 4.90. The van der Waals surface area contributed by atoms with Crippen LogP contribution in [-0.2, 0) is 6.42 Å². The molecule has 112 valence electrons. The van der Waals surface area contributed by atoms with Gasteiger partial charge in [-0.15, -0.1) is 0 Å². The molecule has 1 aromatic carbocycles. The summed E-state index contributed by atoms with van der Waals surface area (Å²) in [6.45, 7) is 19.9. The summed E-state index contributed by atoms with van der Waals surface area (Å²) in [5.74, 6) is 0.634. The number of rotatable bonds is 2. The standard InChI is InChI=1S/C15H24.C2H6.CH4O/c1-8-14-11(5)10(4)12(6)15(9(2)3)13(14)7;2*1-2/h9H,8H2,1-7H3;1-2H3;2H,1H3. The topological polar surface area (TPSA) is 20.2 Å². The van der Waals surface area contributed by atoms with Crippen LogP contribution in [0.2, 0.25) is 0 Å². The molecule has 0 saturated heterocycles. The first-order valence-corrected chi connectivity index (χ1v) is 7.45. The first-order valence-electron chi connectivity index (χ1n) is 7.45. The molecule has 0 aromatic heterocycles. The molecule has 0 aliphatic rings. The zero-order valence-electron chi connectivity index (χ0n) is 14.7. The Morgan fingerprint density at radius 2 is 1.21 bits per heavy atom. The predicted octanol–water partition coefficient (Wildman–Crippen LogP) is 5.24. The molecule has 0 saturated carbocycles. The van der Waals surface area contributed by atoms with Crippen molar-refractivity contribution in [1.82, 2.24) is 0 Å². The molecule has 0 heterocycles. The highest BCUT2D eigenvalue weighted by molar-refractivity contribution is 5.51. The Hall–Kier alpha value is -0.820. The van der Waals surface area contributed by atoms with E-state index in [1.165, 1.54) is 22.3 Å². The van der Waals surface area contributed by atoms with Crippen molar-refractivity contribution in [2.75, 3.05) is 7.11 Å². The van der Waals surface area contributed by atoms with Gasteiger partial charge in [-0.25, -0.2) is 0 Å². The summed E-state index contributed by atoms with van der Waals surface area (Å²) >= 11 is 0. The van der Waals surface area contributed by atoms with E-state index in [9.17, 15) is 0 Å². The Bertz CT molecular complexity index is 376. The molecule has 0 bridgehead atoms. The van der Waals surface area contributed by atoms with E-state index in [0.29, 0.717) is 5.92 Å². The average Bonchev–Trinajstić information content (AvgIpc) is 2.41. The molecule has 1 heteroatoms. The van der Waals surface area contributed by atoms with Crippen LogP contribution in [0.25, 0.3) is 0 Å². The smallest absolute Gasteiger partial charge is 0.0319 e. The molecule has 0 unspecified atom stereocenters. The van der Waals surface area contributed by atoms with E-state index in [1.807, 2.05) is 13.8 Å². The van der Waals surface area contributed by atoms with Crippen LogP contribution in [0.1, 0.15) is 73.9 Å². The van der Waals surface area contributed by atoms with Gasteiger partial charge in [0.25, 0.3) is 0 Å². The van der Waals surface area contributed by atoms with Crippen molar-refractivity contribution >= 4 is 0 Å². The largest absolute Gasteiger partial charge is 0.400 e. The highest BCUT2D eigenvalue weighted by atomic mass is 16.2. The lowest BCUT2D eigenvalue weighted by Crippen LogP contribution is -2.06. The summed E-state index contributed by atoms with van der Waals surface area (Å²) < 4.78 is 0. The molecule has 1 aromatic rings. The Morgan fingerprint density at radius 3 is 1.53 bits per heavy atom. The van der Waals surface area contributed by atoms with Crippen LogP contribution in [0, 0.1) is 27.7 Å². The van der Waals surface area contributed by atoms with Crippen LogP contribution >= 0.6 is 0 Å². The average molecular weight is 266 g/mol. The SMILES string of the molecule is CC.CCc1c(C)c(C)c(C)c(C(C)C)c1C.CO. The van der Waals surface area contributed by atoms with Crippen molar-refractivity contribution in [2.24, 2.45) is 0 Å². The van der Waals surface area contributed by atoms with Gasteiger partial charge in [-0.05, 0) is 73.4 Å². The van der Waals surface area contributed by atoms with Crippen molar-refractivity contribution in [3.8, 4) is 0 Å². The van der Waals surface area contributed by atoms with E-state index in [-0.39, 0.29) is 0 Å². The van der Waals surface area contributed by atoms with Gasteiger partial charge in [0.2, 0.25) is 0 Å². The van der Waals surface area contributed by atoms with Gasteiger partial charge in [0, 0.05) is 7.11 Å². The third kappa shape index (κ3) is 4.65. The van der Waals surface area contributed by atoms with Crippen LogP contribution in [0.3, 0.4) is 0 Å². The lowest BCUT2D eigenvalue weighted by molar-refractivity contribution is 0.399. The third-order valence-corrected chi connectivity index (χ3v) is 3.77. The summed E-state index contributed by atoms with van der Waals surface area (Å²) in [6, 6.07) is 0. The van der Waals surface area contributed by atoms with Crippen molar-refractivity contribution in [2.45, 2.75) is 74.7 Å². The molecule has 1 rings (SSSR count). The van der Waals surface area contributed by atoms with E-state index in [1.54, 1.807) is 11.1 Å². The maximum absolute atomic E-state index is 7.00. The molecule has 0 radical (unpaired) electrons. The molecule has 19 heavy (non-hydrogen) atoms. The van der Waals surface area contributed by atoms with Crippen molar-refractivity contribution in [3.05, 3.63) is 33.4 Å². The van der Waals surface area contributed by atoms with Gasteiger partial charge in [-0.3, -0.25) is 0 Å². The van der Waals surface area contributed by atoms with Crippen molar-refractivity contribution in [3.63, 3.8) is 0 Å². The fraction of sp³-hybridized carbons (Fsp3) is 0.667. The second-order valence-corrected chi connectivity index (χ2v) is 4.90. The summed E-state index contributed by atoms with van der Waals surface area (Å²) in [5, 5.41) is 7.00. The minimum Gasteiger partial charge on any atom is -0.400 e. The molecule has 0 aliphatic heterocycles. The quantitative estimate of drug-likeness (QED) is 0.776. The van der Waals surface area contributed by atoms with Gasteiger partial charge in [-0.1, -0.05) is 34.6 Å². The molecular formula is C18H34O. The number of hydrogen-bond acceptors (Lipinski definition) is 1. The lowest BCUT2D eigenvalue weighted by atomic mass is 9.83. The minimum absolute atomic E-state index is 0.634. The van der Waals surface area contributed by atoms with Gasteiger partial charge < -0.3 is 5.11 Å². The highest BCUT2D eigenvalue weighted by Gasteiger charge is 2.15. The lowest BCUT2D eigenvalue weighted by Gasteiger charge is -2.22. The minimum atomic E-state index is 0.634. The molecule has 0 fully saturated rings. The van der Waals surface area contributed by atoms with E-state index in [0.717, 1.165) is 13.5 Å². The maximum atomic E-state index is 7.00. The molecule has 0 spiro atoms. The fourth-order valence-electron chi connectivity index (χ4n) is 2.83. The second kappa shape index (κ2) is 10.0. The molecular weight excluding hydrogens is 232 g/mol. The van der Waals surface area contributed by atoms with E-state index in [2.05, 4.69) is 48.5 Å². The molecule has 1 N–H and O–H groups in total. The number of hydrogen-bond donors (Lipinski definition) is 1. The number of aliphatic hydroxyl groups excluding tert-OH is 1. The summed E-state index contributed by atoms with van der Waals surface area (Å²) in [4.78, 5) is 0. The Morgan fingerprint density at radius 1 is 0.789 bits per heavy atom. The van der Waals surface area contributed by atoms with E-state index < -0.39 is 0 Å². The normalized spacial score (nSPS) is 9.47. The third-order valence-electron chi connectivity index (χ3n) is 3.77. The maximum Gasteiger partial charge on any atom is 0.0319 e. The van der Waals surface area contributed by atoms with E-state index >= 15 is 0 Å². The van der Waals surface area contributed by atoms with E-state index in [4.69, 9.17) is 5.11 Å². The molecule has 0 amide bonds. The van der Waals surface area contributed by atoms with Crippen LogP contribution in [0.5, 0.6) is 0 Å². The van der Waals surface area contributed by atoms with Gasteiger partial charge in [-0.2, -0.15) is 0 Å².